The zero-order chi connectivity index (χ0) is 13.3. The first-order valence-corrected chi connectivity index (χ1v) is 8.35. The second kappa shape index (κ2) is 8.93. The molecule has 112 valence electrons. The molecule has 1 unspecified atom stereocenters. The SMILES string of the molecule is CN(CCNCC1CCCCC1)CC1CCCCO1. The van der Waals surface area contributed by atoms with E-state index in [0.29, 0.717) is 6.10 Å². The van der Waals surface area contributed by atoms with Crippen molar-refractivity contribution in [1.82, 2.24) is 10.2 Å². The van der Waals surface area contributed by atoms with Gasteiger partial charge in [0.05, 0.1) is 6.10 Å². The van der Waals surface area contributed by atoms with Crippen molar-refractivity contribution in [1.29, 1.82) is 0 Å². The number of likely N-dealkylation sites (N-methyl/N-ethyl adjacent to an activating group) is 1. The van der Waals surface area contributed by atoms with E-state index < -0.39 is 0 Å². The number of hydrogen-bond donors (Lipinski definition) is 1. The first-order valence-electron chi connectivity index (χ1n) is 8.35. The highest BCUT2D eigenvalue weighted by Crippen LogP contribution is 2.22. The molecule has 0 radical (unpaired) electrons. The van der Waals surface area contributed by atoms with Crippen LogP contribution in [0.1, 0.15) is 51.4 Å². The van der Waals surface area contributed by atoms with Crippen molar-refractivity contribution in [3.05, 3.63) is 0 Å². The summed E-state index contributed by atoms with van der Waals surface area (Å²) < 4.78 is 5.79. The van der Waals surface area contributed by atoms with Crippen LogP contribution < -0.4 is 5.32 Å². The van der Waals surface area contributed by atoms with Gasteiger partial charge in [0.2, 0.25) is 0 Å². The maximum Gasteiger partial charge on any atom is 0.0701 e. The molecule has 0 spiro atoms. The first-order chi connectivity index (χ1) is 9.34. The van der Waals surface area contributed by atoms with Gasteiger partial charge in [-0.3, -0.25) is 0 Å². The van der Waals surface area contributed by atoms with E-state index in [1.54, 1.807) is 0 Å². The molecule has 1 heterocycles. The Morgan fingerprint density at radius 3 is 2.58 bits per heavy atom. The summed E-state index contributed by atoms with van der Waals surface area (Å²) in [6.07, 6.45) is 11.6. The maximum atomic E-state index is 5.79. The normalized spacial score (nSPS) is 25.9. The zero-order valence-corrected chi connectivity index (χ0v) is 12.7. The van der Waals surface area contributed by atoms with Crippen LogP contribution in [0.15, 0.2) is 0 Å². The average molecular weight is 268 g/mol. The van der Waals surface area contributed by atoms with Gasteiger partial charge in [-0.05, 0) is 51.6 Å². The van der Waals surface area contributed by atoms with Gasteiger partial charge in [-0.25, -0.2) is 0 Å². The lowest BCUT2D eigenvalue weighted by Gasteiger charge is -2.28. The van der Waals surface area contributed by atoms with E-state index in [-0.39, 0.29) is 0 Å². The molecular formula is C16H32N2O. The minimum atomic E-state index is 0.483. The minimum Gasteiger partial charge on any atom is -0.377 e. The molecule has 1 saturated heterocycles. The summed E-state index contributed by atoms with van der Waals surface area (Å²) in [4.78, 5) is 2.42. The molecule has 2 aliphatic rings. The Labute approximate surface area is 119 Å². The van der Waals surface area contributed by atoms with Crippen molar-refractivity contribution in [2.24, 2.45) is 5.92 Å². The van der Waals surface area contributed by atoms with Gasteiger partial charge in [-0.1, -0.05) is 19.3 Å². The van der Waals surface area contributed by atoms with Crippen molar-refractivity contribution in [2.75, 3.05) is 39.8 Å². The van der Waals surface area contributed by atoms with E-state index >= 15 is 0 Å². The summed E-state index contributed by atoms with van der Waals surface area (Å²) in [5.74, 6) is 0.945. The predicted molar refractivity (Wildman–Crippen MR) is 80.5 cm³/mol. The standard InChI is InChI=1S/C16H32N2O/c1-18(14-16-9-5-6-12-19-16)11-10-17-13-15-7-3-2-4-8-15/h15-17H,2-14H2,1H3. The number of rotatable bonds is 7. The van der Waals surface area contributed by atoms with E-state index in [2.05, 4.69) is 17.3 Å². The van der Waals surface area contributed by atoms with Crippen LogP contribution in [-0.4, -0.2) is 50.8 Å². The van der Waals surface area contributed by atoms with Crippen LogP contribution in [-0.2, 0) is 4.74 Å². The molecule has 19 heavy (non-hydrogen) atoms. The molecule has 1 atom stereocenters. The Hall–Kier alpha value is -0.120. The minimum absolute atomic E-state index is 0.483. The van der Waals surface area contributed by atoms with Crippen LogP contribution in [0.25, 0.3) is 0 Å². The Morgan fingerprint density at radius 2 is 1.84 bits per heavy atom. The second-order valence-electron chi connectivity index (χ2n) is 6.46. The molecule has 3 nitrogen and oxygen atoms in total. The van der Waals surface area contributed by atoms with Gasteiger partial charge in [0, 0.05) is 26.2 Å². The van der Waals surface area contributed by atoms with E-state index in [9.17, 15) is 0 Å². The van der Waals surface area contributed by atoms with Crippen molar-refractivity contribution in [3.63, 3.8) is 0 Å². The summed E-state index contributed by atoms with van der Waals surface area (Å²) in [5.41, 5.74) is 0. The van der Waals surface area contributed by atoms with Crippen LogP contribution in [0.3, 0.4) is 0 Å². The fourth-order valence-corrected chi connectivity index (χ4v) is 3.36. The lowest BCUT2D eigenvalue weighted by atomic mass is 9.89. The molecule has 2 fully saturated rings. The molecule has 1 aliphatic carbocycles. The average Bonchev–Trinajstić information content (AvgIpc) is 2.46. The molecule has 0 aromatic carbocycles. The second-order valence-corrected chi connectivity index (χ2v) is 6.46. The van der Waals surface area contributed by atoms with Gasteiger partial charge in [0.1, 0.15) is 0 Å². The lowest BCUT2D eigenvalue weighted by Crippen LogP contribution is -2.38. The Morgan fingerprint density at radius 1 is 1.05 bits per heavy atom. The molecule has 0 amide bonds. The summed E-state index contributed by atoms with van der Waals surface area (Å²) in [7, 11) is 2.22. The topological polar surface area (TPSA) is 24.5 Å². The summed E-state index contributed by atoms with van der Waals surface area (Å²) in [6, 6.07) is 0. The highest BCUT2D eigenvalue weighted by molar-refractivity contribution is 4.70. The van der Waals surface area contributed by atoms with Crippen molar-refractivity contribution < 1.29 is 4.74 Å². The maximum absolute atomic E-state index is 5.79. The fourth-order valence-electron chi connectivity index (χ4n) is 3.36. The van der Waals surface area contributed by atoms with Crippen LogP contribution in [0.4, 0.5) is 0 Å². The molecule has 3 heteroatoms. The smallest absolute Gasteiger partial charge is 0.0701 e. The van der Waals surface area contributed by atoms with Gasteiger partial charge in [0.15, 0.2) is 0 Å². The highest BCUT2D eigenvalue weighted by Gasteiger charge is 2.16. The van der Waals surface area contributed by atoms with E-state index in [1.165, 1.54) is 57.9 Å². The van der Waals surface area contributed by atoms with Crippen molar-refractivity contribution in [3.8, 4) is 0 Å². The van der Waals surface area contributed by atoms with Gasteiger partial charge in [0.25, 0.3) is 0 Å². The molecule has 2 rings (SSSR count). The van der Waals surface area contributed by atoms with Crippen LogP contribution in [0.5, 0.6) is 0 Å². The molecular weight excluding hydrogens is 236 g/mol. The molecule has 0 aromatic rings. The van der Waals surface area contributed by atoms with E-state index in [1.807, 2.05) is 0 Å². The van der Waals surface area contributed by atoms with Crippen molar-refractivity contribution in [2.45, 2.75) is 57.5 Å². The quantitative estimate of drug-likeness (QED) is 0.718. The van der Waals surface area contributed by atoms with Gasteiger partial charge < -0.3 is 15.0 Å². The van der Waals surface area contributed by atoms with Crippen LogP contribution in [0.2, 0.25) is 0 Å². The fraction of sp³-hybridized carbons (Fsp3) is 1.00. The van der Waals surface area contributed by atoms with Crippen LogP contribution >= 0.6 is 0 Å². The predicted octanol–water partition coefficient (Wildman–Crippen LogP) is 2.66. The van der Waals surface area contributed by atoms with Gasteiger partial charge in [-0.15, -0.1) is 0 Å². The third-order valence-corrected chi connectivity index (χ3v) is 4.62. The number of ether oxygens (including phenoxy) is 1. The van der Waals surface area contributed by atoms with Gasteiger partial charge in [-0.2, -0.15) is 0 Å². The third-order valence-electron chi connectivity index (χ3n) is 4.62. The van der Waals surface area contributed by atoms with Crippen LogP contribution in [0, 0.1) is 5.92 Å². The number of nitrogens with one attached hydrogen (secondary N) is 1. The zero-order valence-electron chi connectivity index (χ0n) is 12.7. The molecule has 0 bridgehead atoms. The van der Waals surface area contributed by atoms with E-state index in [4.69, 9.17) is 4.74 Å². The summed E-state index contributed by atoms with van der Waals surface area (Å²) in [5, 5.41) is 3.64. The Bertz CT molecular complexity index is 223. The Balaban J connectivity index is 1.47. The summed E-state index contributed by atoms with van der Waals surface area (Å²) >= 11 is 0. The molecule has 1 N–H and O–H groups in total. The summed E-state index contributed by atoms with van der Waals surface area (Å²) in [6.45, 7) is 5.57. The monoisotopic (exact) mass is 268 g/mol. The van der Waals surface area contributed by atoms with Gasteiger partial charge >= 0.3 is 0 Å². The number of hydrogen-bond acceptors (Lipinski definition) is 3. The first kappa shape index (κ1) is 15.3. The molecule has 1 aliphatic heterocycles. The van der Waals surface area contributed by atoms with Crippen molar-refractivity contribution >= 4 is 0 Å². The lowest BCUT2D eigenvalue weighted by molar-refractivity contribution is -0.00125. The highest BCUT2D eigenvalue weighted by atomic mass is 16.5. The molecule has 1 saturated carbocycles. The van der Waals surface area contributed by atoms with E-state index in [0.717, 1.165) is 32.2 Å². The largest absolute Gasteiger partial charge is 0.377 e. The Kier molecular flexibility index (Phi) is 7.18. The number of nitrogens with zero attached hydrogens (tertiary/aromatic N) is 1. The molecule has 0 aromatic heterocycles. The third kappa shape index (κ3) is 6.24.